The number of hydrogen-bond acceptors (Lipinski definition) is 2. The van der Waals surface area contributed by atoms with Crippen LogP contribution in [0.15, 0.2) is 36.4 Å². The van der Waals surface area contributed by atoms with E-state index in [1.807, 2.05) is 18.2 Å². The Hall–Kier alpha value is -1.87. The van der Waals surface area contributed by atoms with E-state index in [1.54, 1.807) is 6.07 Å². The Morgan fingerprint density at radius 3 is 2.95 bits per heavy atom. The Balaban J connectivity index is 2.01. The van der Waals surface area contributed by atoms with Crippen LogP contribution < -0.4 is 10.1 Å². The third kappa shape index (κ3) is 2.93. The minimum Gasteiger partial charge on any atom is -0.492 e. The molecule has 0 atom stereocenters. The molecule has 0 saturated carbocycles. The number of hydrogen-bond donors (Lipinski definition) is 1. The van der Waals surface area contributed by atoms with Crippen LogP contribution in [-0.4, -0.2) is 13.2 Å². The normalized spacial score (nSPS) is 13.0. The molecule has 1 aliphatic heterocycles. The predicted octanol–water partition coefficient (Wildman–Crippen LogP) is 3.93. The van der Waals surface area contributed by atoms with Crippen LogP contribution in [0.1, 0.15) is 24.5 Å². The molecule has 2 aromatic rings. The number of para-hydroxylation sites is 1. The molecule has 3 rings (SSSR count). The van der Waals surface area contributed by atoms with Crippen molar-refractivity contribution in [3.8, 4) is 16.9 Å². The smallest absolute Gasteiger partial charge is 0.130 e. The van der Waals surface area contributed by atoms with Crippen LogP contribution in [0.3, 0.4) is 0 Å². The fraction of sp³-hybridized carbons (Fsp3) is 0.333. The predicted molar refractivity (Wildman–Crippen MR) is 83.0 cm³/mol. The Bertz CT molecular complexity index is 639. The van der Waals surface area contributed by atoms with Gasteiger partial charge in [-0.15, -0.1) is 0 Å². The topological polar surface area (TPSA) is 21.3 Å². The quantitative estimate of drug-likeness (QED) is 0.841. The highest BCUT2D eigenvalue weighted by molar-refractivity contribution is 5.75. The van der Waals surface area contributed by atoms with Crippen molar-refractivity contribution in [2.45, 2.75) is 26.3 Å². The van der Waals surface area contributed by atoms with Gasteiger partial charge < -0.3 is 10.1 Å². The lowest BCUT2D eigenvalue weighted by molar-refractivity contribution is 0.358. The number of fused-ring (bicyclic) bond motifs is 1. The number of halogens is 1. The van der Waals surface area contributed by atoms with Gasteiger partial charge in [-0.3, -0.25) is 0 Å². The zero-order chi connectivity index (χ0) is 14.7. The molecule has 1 heterocycles. The lowest BCUT2D eigenvalue weighted by atomic mass is 9.96. The van der Waals surface area contributed by atoms with E-state index in [1.165, 1.54) is 11.6 Å². The second kappa shape index (κ2) is 6.27. The zero-order valence-electron chi connectivity index (χ0n) is 12.3. The molecule has 0 amide bonds. The number of rotatable bonds is 5. The summed E-state index contributed by atoms with van der Waals surface area (Å²) in [4.78, 5) is 0. The molecule has 0 saturated heterocycles. The van der Waals surface area contributed by atoms with Gasteiger partial charge in [0.05, 0.1) is 6.61 Å². The van der Waals surface area contributed by atoms with Crippen molar-refractivity contribution in [1.29, 1.82) is 0 Å². The van der Waals surface area contributed by atoms with E-state index in [-0.39, 0.29) is 5.82 Å². The van der Waals surface area contributed by atoms with Crippen LogP contribution in [0.4, 0.5) is 4.39 Å². The molecule has 1 N–H and O–H groups in total. The van der Waals surface area contributed by atoms with Gasteiger partial charge in [0.2, 0.25) is 0 Å². The Morgan fingerprint density at radius 1 is 1.19 bits per heavy atom. The van der Waals surface area contributed by atoms with Gasteiger partial charge in [0.15, 0.2) is 0 Å². The molecular weight excluding hydrogens is 265 g/mol. The summed E-state index contributed by atoms with van der Waals surface area (Å²) in [6.45, 7) is 4.55. The molecule has 3 heteroatoms. The van der Waals surface area contributed by atoms with Crippen LogP contribution >= 0.6 is 0 Å². The Kier molecular flexibility index (Phi) is 4.20. The molecule has 0 aromatic heterocycles. The summed E-state index contributed by atoms with van der Waals surface area (Å²) in [7, 11) is 0. The zero-order valence-corrected chi connectivity index (χ0v) is 12.3. The first-order valence-electron chi connectivity index (χ1n) is 7.54. The van der Waals surface area contributed by atoms with Gasteiger partial charge in [-0.05, 0) is 41.8 Å². The third-order valence-electron chi connectivity index (χ3n) is 3.82. The van der Waals surface area contributed by atoms with E-state index in [0.717, 1.165) is 48.4 Å². The van der Waals surface area contributed by atoms with E-state index in [0.29, 0.717) is 6.61 Å². The van der Waals surface area contributed by atoms with Crippen molar-refractivity contribution in [3.05, 3.63) is 53.3 Å². The Labute approximate surface area is 125 Å². The minimum atomic E-state index is -0.208. The molecule has 21 heavy (non-hydrogen) atoms. The number of ether oxygens (including phenoxy) is 1. The molecule has 0 unspecified atom stereocenters. The van der Waals surface area contributed by atoms with Crippen molar-refractivity contribution in [2.24, 2.45) is 0 Å². The van der Waals surface area contributed by atoms with Crippen molar-refractivity contribution in [2.75, 3.05) is 13.2 Å². The van der Waals surface area contributed by atoms with E-state index in [9.17, 15) is 4.39 Å². The van der Waals surface area contributed by atoms with Crippen LogP contribution in [0.5, 0.6) is 5.75 Å². The van der Waals surface area contributed by atoms with Crippen molar-refractivity contribution < 1.29 is 9.13 Å². The standard InChI is InChI=1S/C18H20FNO/c1-2-9-20-12-14-6-7-15(19)11-17(14)16-5-3-4-13-8-10-21-18(13)16/h3-7,11,20H,2,8-10,12H2,1H3. The van der Waals surface area contributed by atoms with Gasteiger partial charge in [0.25, 0.3) is 0 Å². The van der Waals surface area contributed by atoms with Crippen molar-refractivity contribution >= 4 is 0 Å². The third-order valence-corrected chi connectivity index (χ3v) is 3.82. The summed E-state index contributed by atoms with van der Waals surface area (Å²) in [5.41, 5.74) is 4.24. The highest BCUT2D eigenvalue weighted by Gasteiger charge is 2.19. The van der Waals surface area contributed by atoms with Gasteiger partial charge in [-0.2, -0.15) is 0 Å². The van der Waals surface area contributed by atoms with Crippen molar-refractivity contribution in [3.63, 3.8) is 0 Å². The second-order valence-electron chi connectivity index (χ2n) is 5.37. The van der Waals surface area contributed by atoms with Gasteiger partial charge in [0.1, 0.15) is 11.6 Å². The van der Waals surface area contributed by atoms with Gasteiger partial charge in [0, 0.05) is 18.5 Å². The van der Waals surface area contributed by atoms with E-state index in [4.69, 9.17) is 4.74 Å². The summed E-state index contributed by atoms with van der Waals surface area (Å²) in [6, 6.07) is 11.1. The Morgan fingerprint density at radius 2 is 2.10 bits per heavy atom. The summed E-state index contributed by atoms with van der Waals surface area (Å²) in [5, 5.41) is 3.39. The average molecular weight is 285 g/mol. The summed E-state index contributed by atoms with van der Waals surface area (Å²) < 4.78 is 19.5. The summed E-state index contributed by atoms with van der Waals surface area (Å²) in [6.07, 6.45) is 2.02. The van der Waals surface area contributed by atoms with Crippen LogP contribution in [0, 0.1) is 5.82 Å². The maximum atomic E-state index is 13.7. The number of benzene rings is 2. The molecule has 0 aliphatic carbocycles. The van der Waals surface area contributed by atoms with Crippen molar-refractivity contribution in [1.82, 2.24) is 5.32 Å². The van der Waals surface area contributed by atoms with Gasteiger partial charge >= 0.3 is 0 Å². The molecule has 110 valence electrons. The fourth-order valence-electron chi connectivity index (χ4n) is 2.78. The molecule has 0 radical (unpaired) electrons. The SMILES string of the molecule is CCCNCc1ccc(F)cc1-c1cccc2c1OCC2. The lowest BCUT2D eigenvalue weighted by Crippen LogP contribution is -2.14. The second-order valence-corrected chi connectivity index (χ2v) is 5.37. The fourth-order valence-corrected chi connectivity index (χ4v) is 2.78. The largest absolute Gasteiger partial charge is 0.492 e. The first kappa shape index (κ1) is 14.1. The van der Waals surface area contributed by atoms with E-state index < -0.39 is 0 Å². The van der Waals surface area contributed by atoms with Gasteiger partial charge in [-0.1, -0.05) is 31.2 Å². The van der Waals surface area contributed by atoms with Crippen LogP contribution in [-0.2, 0) is 13.0 Å². The first-order valence-corrected chi connectivity index (χ1v) is 7.54. The van der Waals surface area contributed by atoms with Crippen LogP contribution in [0.25, 0.3) is 11.1 Å². The maximum absolute atomic E-state index is 13.7. The molecule has 2 nitrogen and oxygen atoms in total. The molecule has 0 spiro atoms. The highest BCUT2D eigenvalue weighted by atomic mass is 19.1. The van der Waals surface area contributed by atoms with E-state index >= 15 is 0 Å². The molecule has 0 bridgehead atoms. The summed E-state index contributed by atoms with van der Waals surface area (Å²) >= 11 is 0. The van der Waals surface area contributed by atoms with Crippen LogP contribution in [0.2, 0.25) is 0 Å². The molecule has 0 fully saturated rings. The molecule has 1 aliphatic rings. The molecule has 2 aromatic carbocycles. The lowest BCUT2D eigenvalue weighted by Gasteiger charge is -2.14. The summed E-state index contributed by atoms with van der Waals surface area (Å²) in [5.74, 6) is 0.708. The van der Waals surface area contributed by atoms with Gasteiger partial charge in [-0.25, -0.2) is 4.39 Å². The monoisotopic (exact) mass is 285 g/mol. The first-order chi connectivity index (χ1) is 10.3. The number of nitrogens with one attached hydrogen (secondary N) is 1. The molecular formula is C18H20FNO. The average Bonchev–Trinajstić information content (AvgIpc) is 2.97. The maximum Gasteiger partial charge on any atom is 0.130 e. The minimum absolute atomic E-state index is 0.208. The highest BCUT2D eigenvalue weighted by Crippen LogP contribution is 2.38. The van der Waals surface area contributed by atoms with E-state index in [2.05, 4.69) is 18.3 Å².